The first-order valence-corrected chi connectivity index (χ1v) is 4.62. The fraction of sp³-hybridized carbons (Fsp3) is 0. The molecule has 16 heavy (non-hydrogen) atoms. The van der Waals surface area contributed by atoms with Crippen LogP contribution in [0.5, 0.6) is 5.75 Å². The number of rotatable bonds is 4. The molecule has 0 aliphatic heterocycles. The second-order valence-electron chi connectivity index (χ2n) is 2.79. The maximum atomic E-state index is 11.0. The molecule has 0 atom stereocenters. The van der Waals surface area contributed by atoms with E-state index < -0.39 is 22.6 Å². The Labute approximate surface area is 96.6 Å². The molecule has 1 aromatic carbocycles. The van der Waals surface area contributed by atoms with Crippen LogP contribution in [0.15, 0.2) is 41.1 Å². The minimum absolute atomic E-state index is 0.329. The Morgan fingerprint density at radius 2 is 1.62 bits per heavy atom. The van der Waals surface area contributed by atoms with Crippen molar-refractivity contribution >= 4 is 23.4 Å². The van der Waals surface area contributed by atoms with Crippen LogP contribution in [0.2, 0.25) is 0 Å². The predicted octanol–water partition coefficient (Wildman–Crippen LogP) is 0.486. The molecule has 0 aliphatic rings. The zero-order valence-corrected chi connectivity index (χ0v) is 8.90. The van der Waals surface area contributed by atoms with E-state index in [0.29, 0.717) is 5.75 Å². The first-order chi connectivity index (χ1) is 7.52. The lowest BCUT2D eigenvalue weighted by atomic mass is 10.3. The van der Waals surface area contributed by atoms with E-state index in [1.165, 1.54) is 0 Å². The van der Waals surface area contributed by atoms with Gasteiger partial charge >= 0.3 is 0 Å². The van der Waals surface area contributed by atoms with Crippen molar-refractivity contribution in [3.05, 3.63) is 41.1 Å². The van der Waals surface area contributed by atoms with Crippen LogP contribution in [0, 0.1) is 0 Å². The van der Waals surface area contributed by atoms with Crippen molar-refractivity contribution in [2.75, 3.05) is 0 Å². The standard InChI is InChI=1S/C10H9ClN2O3/c11-7(9(12)14)8(10(13)15)16-6-4-2-1-3-5-6/h1-5H,(H2,12,14)(H2,13,15)/b8-7-. The van der Waals surface area contributed by atoms with Gasteiger partial charge in [-0.2, -0.15) is 0 Å². The normalized spacial score (nSPS) is 11.6. The van der Waals surface area contributed by atoms with Gasteiger partial charge in [0.15, 0.2) is 5.03 Å². The number of nitrogens with two attached hydrogens (primary N) is 2. The number of para-hydroxylation sites is 1. The summed E-state index contributed by atoms with van der Waals surface area (Å²) in [4.78, 5) is 21.8. The molecular weight excluding hydrogens is 232 g/mol. The summed E-state index contributed by atoms with van der Waals surface area (Å²) in [5, 5.41) is -0.531. The third kappa shape index (κ3) is 2.99. The van der Waals surface area contributed by atoms with Gasteiger partial charge < -0.3 is 16.2 Å². The van der Waals surface area contributed by atoms with Crippen molar-refractivity contribution in [3.8, 4) is 5.75 Å². The van der Waals surface area contributed by atoms with Gasteiger partial charge in [0, 0.05) is 0 Å². The van der Waals surface area contributed by atoms with Crippen LogP contribution in [-0.4, -0.2) is 11.8 Å². The van der Waals surface area contributed by atoms with Gasteiger partial charge in [-0.25, -0.2) is 0 Å². The van der Waals surface area contributed by atoms with E-state index in [9.17, 15) is 9.59 Å². The Morgan fingerprint density at radius 3 is 2.06 bits per heavy atom. The molecule has 0 heterocycles. The third-order valence-corrected chi connectivity index (χ3v) is 1.96. The molecule has 0 spiro atoms. The second-order valence-corrected chi connectivity index (χ2v) is 3.16. The molecule has 1 rings (SSSR count). The molecule has 0 bridgehead atoms. The van der Waals surface area contributed by atoms with Crippen molar-refractivity contribution in [1.82, 2.24) is 0 Å². The van der Waals surface area contributed by atoms with Gasteiger partial charge in [-0.3, -0.25) is 9.59 Å². The van der Waals surface area contributed by atoms with Crippen LogP contribution in [0.1, 0.15) is 0 Å². The van der Waals surface area contributed by atoms with E-state index in [0.717, 1.165) is 0 Å². The number of carbonyl (C=O) groups excluding carboxylic acids is 2. The zero-order valence-electron chi connectivity index (χ0n) is 8.14. The maximum absolute atomic E-state index is 11.0. The smallest absolute Gasteiger partial charge is 0.286 e. The monoisotopic (exact) mass is 240 g/mol. The van der Waals surface area contributed by atoms with E-state index >= 15 is 0 Å². The molecule has 84 valence electrons. The molecule has 4 N–H and O–H groups in total. The highest BCUT2D eigenvalue weighted by Gasteiger charge is 2.17. The van der Waals surface area contributed by atoms with Crippen LogP contribution in [0.4, 0.5) is 0 Å². The number of halogens is 1. The van der Waals surface area contributed by atoms with E-state index in [-0.39, 0.29) is 0 Å². The largest absolute Gasteiger partial charge is 0.450 e. The van der Waals surface area contributed by atoms with E-state index in [1.807, 2.05) is 0 Å². The molecule has 0 unspecified atom stereocenters. The summed E-state index contributed by atoms with van der Waals surface area (Å²) in [6, 6.07) is 8.29. The summed E-state index contributed by atoms with van der Waals surface area (Å²) in [7, 11) is 0. The van der Waals surface area contributed by atoms with Gasteiger partial charge in [0.05, 0.1) is 0 Å². The van der Waals surface area contributed by atoms with Crippen molar-refractivity contribution in [3.63, 3.8) is 0 Å². The summed E-state index contributed by atoms with van der Waals surface area (Å²) in [5.74, 6) is -2.09. The van der Waals surface area contributed by atoms with E-state index in [2.05, 4.69) is 0 Å². The van der Waals surface area contributed by atoms with Gasteiger partial charge in [-0.15, -0.1) is 0 Å². The van der Waals surface area contributed by atoms with Crippen molar-refractivity contribution in [2.45, 2.75) is 0 Å². The molecule has 0 aromatic heterocycles. The van der Waals surface area contributed by atoms with Gasteiger partial charge in [-0.1, -0.05) is 29.8 Å². The molecule has 5 nitrogen and oxygen atoms in total. The minimum atomic E-state index is -0.980. The SMILES string of the molecule is NC(=O)/C(Cl)=C(/Oc1ccccc1)C(N)=O. The van der Waals surface area contributed by atoms with Crippen LogP contribution in [0.3, 0.4) is 0 Å². The first kappa shape index (κ1) is 12.1. The Bertz CT molecular complexity index is 443. The molecule has 0 saturated heterocycles. The second kappa shape index (κ2) is 5.18. The lowest BCUT2D eigenvalue weighted by Crippen LogP contribution is -2.24. The molecule has 0 radical (unpaired) electrons. The summed E-state index contributed by atoms with van der Waals surface area (Å²) in [5.41, 5.74) is 9.92. The topological polar surface area (TPSA) is 95.4 Å². The highest BCUT2D eigenvalue weighted by atomic mass is 35.5. The van der Waals surface area contributed by atoms with Gasteiger partial charge in [0.25, 0.3) is 11.8 Å². The van der Waals surface area contributed by atoms with Crippen molar-refractivity contribution < 1.29 is 14.3 Å². The predicted molar refractivity (Wildman–Crippen MR) is 58.3 cm³/mol. The summed E-state index contributed by atoms with van der Waals surface area (Å²) >= 11 is 5.51. The molecule has 0 aliphatic carbocycles. The lowest BCUT2D eigenvalue weighted by Gasteiger charge is -2.07. The highest BCUT2D eigenvalue weighted by Crippen LogP contribution is 2.16. The highest BCUT2D eigenvalue weighted by molar-refractivity contribution is 6.43. The summed E-state index contributed by atoms with van der Waals surface area (Å²) in [6.07, 6.45) is 0. The Morgan fingerprint density at radius 1 is 1.06 bits per heavy atom. The summed E-state index contributed by atoms with van der Waals surface area (Å²) < 4.78 is 5.07. The molecule has 2 amide bonds. The average Bonchev–Trinajstić information content (AvgIpc) is 2.26. The number of ether oxygens (including phenoxy) is 1. The van der Waals surface area contributed by atoms with E-state index in [4.69, 9.17) is 27.8 Å². The third-order valence-electron chi connectivity index (χ3n) is 1.60. The number of amides is 2. The zero-order chi connectivity index (χ0) is 12.1. The number of primary amides is 2. The molecule has 0 saturated carbocycles. The Hall–Kier alpha value is -2.01. The molecule has 0 fully saturated rings. The number of benzene rings is 1. The Kier molecular flexibility index (Phi) is 3.90. The molecular formula is C10H9ClN2O3. The van der Waals surface area contributed by atoms with Crippen LogP contribution >= 0.6 is 11.6 Å². The quantitative estimate of drug-likeness (QED) is 0.592. The lowest BCUT2D eigenvalue weighted by molar-refractivity contribution is -0.118. The summed E-state index contributed by atoms with van der Waals surface area (Å²) in [6.45, 7) is 0. The Balaban J connectivity index is 3.03. The maximum Gasteiger partial charge on any atom is 0.286 e. The van der Waals surface area contributed by atoms with Crippen LogP contribution < -0.4 is 16.2 Å². The van der Waals surface area contributed by atoms with Gasteiger partial charge in [-0.05, 0) is 12.1 Å². The molecule has 6 heteroatoms. The number of hydrogen-bond donors (Lipinski definition) is 2. The van der Waals surface area contributed by atoms with Crippen molar-refractivity contribution in [1.29, 1.82) is 0 Å². The van der Waals surface area contributed by atoms with Crippen LogP contribution in [-0.2, 0) is 9.59 Å². The van der Waals surface area contributed by atoms with Crippen molar-refractivity contribution in [2.24, 2.45) is 11.5 Å². The fourth-order valence-electron chi connectivity index (χ4n) is 0.922. The van der Waals surface area contributed by atoms with Gasteiger partial charge in [0.1, 0.15) is 5.75 Å². The average molecular weight is 241 g/mol. The van der Waals surface area contributed by atoms with Crippen LogP contribution in [0.25, 0.3) is 0 Å². The van der Waals surface area contributed by atoms with E-state index in [1.54, 1.807) is 30.3 Å². The first-order valence-electron chi connectivity index (χ1n) is 4.24. The molecule has 1 aromatic rings. The number of carbonyl (C=O) groups is 2. The van der Waals surface area contributed by atoms with Gasteiger partial charge in [0.2, 0.25) is 5.76 Å². The fourth-order valence-corrected chi connectivity index (χ4v) is 1.05. The minimum Gasteiger partial charge on any atom is -0.450 e. The number of hydrogen-bond acceptors (Lipinski definition) is 3.